The van der Waals surface area contributed by atoms with Gasteiger partial charge in [0, 0.05) is 17.6 Å². The number of benzene rings is 1. The first kappa shape index (κ1) is 20.9. The molecular formula is C16H24F3N5O. The number of guanidine groups is 1. The number of halogens is 3. The molecule has 0 saturated carbocycles. The molecule has 2 atom stereocenters. The van der Waals surface area contributed by atoms with Gasteiger partial charge in [-0.15, -0.1) is 0 Å². The van der Waals surface area contributed by atoms with Gasteiger partial charge in [0.2, 0.25) is 5.96 Å². The standard InChI is InChI=1S/C16H24F3N5O/c1-9(2)22-15(23-13(21)8-10(3)20)24-14(25)11-4-6-12(7-5-11)16(17,18)19/h4-7,9-10,13H,8,20-21H2,1-3H3,(H2,22,23,24,25). The molecule has 0 aliphatic rings. The van der Waals surface area contributed by atoms with E-state index in [-0.39, 0.29) is 23.6 Å². The number of carbonyl (C=O) groups excluding carboxylic acids is 1. The van der Waals surface area contributed by atoms with Gasteiger partial charge in [0.15, 0.2) is 0 Å². The highest BCUT2D eigenvalue weighted by Gasteiger charge is 2.30. The van der Waals surface area contributed by atoms with Crippen molar-refractivity contribution >= 4 is 11.9 Å². The third-order valence-corrected chi connectivity index (χ3v) is 3.05. The first-order chi connectivity index (χ1) is 11.5. The summed E-state index contributed by atoms with van der Waals surface area (Å²) in [5.41, 5.74) is 10.8. The molecule has 1 amide bonds. The van der Waals surface area contributed by atoms with Crippen LogP contribution in [0.4, 0.5) is 13.2 Å². The predicted octanol–water partition coefficient (Wildman–Crippen LogP) is 1.81. The van der Waals surface area contributed by atoms with Crippen LogP contribution in [0.5, 0.6) is 0 Å². The quantitative estimate of drug-likeness (QED) is 0.365. The first-order valence-corrected chi connectivity index (χ1v) is 7.83. The summed E-state index contributed by atoms with van der Waals surface area (Å²) in [6.07, 6.45) is -4.53. The number of nitrogens with zero attached hydrogens (tertiary/aromatic N) is 1. The van der Waals surface area contributed by atoms with E-state index in [1.54, 1.807) is 6.92 Å². The fourth-order valence-electron chi connectivity index (χ4n) is 1.98. The topological polar surface area (TPSA) is 106 Å². The molecule has 1 rings (SSSR count). The lowest BCUT2D eigenvalue weighted by Gasteiger charge is -2.20. The molecule has 0 heterocycles. The summed E-state index contributed by atoms with van der Waals surface area (Å²) < 4.78 is 37.7. The molecule has 0 saturated heterocycles. The summed E-state index contributed by atoms with van der Waals surface area (Å²) in [5, 5.41) is 5.79. The normalized spacial score (nSPS) is 15.0. The van der Waals surface area contributed by atoms with Crippen molar-refractivity contribution in [2.45, 2.75) is 51.6 Å². The highest BCUT2D eigenvalue weighted by atomic mass is 19.4. The Morgan fingerprint density at radius 3 is 2.12 bits per heavy atom. The summed E-state index contributed by atoms with van der Waals surface area (Å²) in [7, 11) is 0. The van der Waals surface area contributed by atoms with Crippen molar-refractivity contribution in [1.29, 1.82) is 0 Å². The van der Waals surface area contributed by atoms with E-state index in [9.17, 15) is 18.0 Å². The molecule has 0 aliphatic carbocycles. The van der Waals surface area contributed by atoms with E-state index in [1.807, 2.05) is 13.8 Å². The molecule has 2 unspecified atom stereocenters. The van der Waals surface area contributed by atoms with Crippen molar-refractivity contribution in [3.8, 4) is 0 Å². The Kier molecular flexibility index (Phi) is 7.38. The van der Waals surface area contributed by atoms with E-state index < -0.39 is 23.8 Å². The van der Waals surface area contributed by atoms with E-state index in [4.69, 9.17) is 11.5 Å². The number of hydrogen-bond donors (Lipinski definition) is 4. The fourth-order valence-corrected chi connectivity index (χ4v) is 1.98. The fraction of sp³-hybridized carbons (Fsp3) is 0.500. The second kappa shape index (κ2) is 8.82. The van der Waals surface area contributed by atoms with E-state index >= 15 is 0 Å². The number of nitrogens with one attached hydrogen (secondary N) is 2. The van der Waals surface area contributed by atoms with Crippen LogP contribution in [0.25, 0.3) is 0 Å². The third kappa shape index (κ3) is 7.53. The van der Waals surface area contributed by atoms with Crippen LogP contribution < -0.4 is 22.1 Å². The van der Waals surface area contributed by atoms with Crippen LogP contribution in [-0.4, -0.2) is 30.1 Å². The second-order valence-electron chi connectivity index (χ2n) is 6.10. The number of hydrogen-bond acceptors (Lipinski definition) is 3. The molecular weight excluding hydrogens is 335 g/mol. The molecule has 25 heavy (non-hydrogen) atoms. The number of alkyl halides is 3. The van der Waals surface area contributed by atoms with Crippen molar-refractivity contribution in [2.75, 3.05) is 0 Å². The Morgan fingerprint density at radius 1 is 1.12 bits per heavy atom. The largest absolute Gasteiger partial charge is 0.416 e. The van der Waals surface area contributed by atoms with Crippen LogP contribution in [-0.2, 0) is 6.18 Å². The number of aliphatic imine (C=N–C) groups is 1. The Hall–Kier alpha value is -2.13. The third-order valence-electron chi connectivity index (χ3n) is 3.05. The van der Waals surface area contributed by atoms with Crippen LogP contribution in [0.1, 0.15) is 43.1 Å². The van der Waals surface area contributed by atoms with E-state index in [2.05, 4.69) is 15.6 Å². The van der Waals surface area contributed by atoms with Gasteiger partial charge in [0.1, 0.15) is 0 Å². The van der Waals surface area contributed by atoms with Gasteiger partial charge in [-0.3, -0.25) is 4.79 Å². The van der Waals surface area contributed by atoms with Crippen molar-refractivity contribution < 1.29 is 18.0 Å². The van der Waals surface area contributed by atoms with Crippen molar-refractivity contribution in [3.05, 3.63) is 35.4 Å². The van der Waals surface area contributed by atoms with Gasteiger partial charge in [-0.2, -0.15) is 18.2 Å². The average Bonchev–Trinajstić information content (AvgIpc) is 2.44. The lowest BCUT2D eigenvalue weighted by molar-refractivity contribution is -0.137. The van der Waals surface area contributed by atoms with Gasteiger partial charge < -0.3 is 22.1 Å². The lowest BCUT2D eigenvalue weighted by Crippen LogP contribution is -2.51. The Balaban J connectivity index is 2.93. The Bertz CT molecular complexity index is 597. The van der Waals surface area contributed by atoms with Crippen LogP contribution in [0.15, 0.2) is 29.3 Å². The van der Waals surface area contributed by atoms with Crippen LogP contribution in [0, 0.1) is 0 Å². The zero-order chi connectivity index (χ0) is 19.2. The maximum absolute atomic E-state index is 12.6. The van der Waals surface area contributed by atoms with E-state index in [1.165, 1.54) is 0 Å². The monoisotopic (exact) mass is 359 g/mol. The van der Waals surface area contributed by atoms with Crippen molar-refractivity contribution in [3.63, 3.8) is 0 Å². The molecule has 0 aliphatic heterocycles. The minimum absolute atomic E-state index is 0.0332. The molecule has 0 fully saturated rings. The number of rotatable bonds is 5. The zero-order valence-electron chi connectivity index (χ0n) is 14.4. The van der Waals surface area contributed by atoms with Gasteiger partial charge in [0.25, 0.3) is 5.91 Å². The molecule has 6 nitrogen and oxygen atoms in total. The van der Waals surface area contributed by atoms with Gasteiger partial charge in [-0.25, -0.2) is 0 Å². The molecule has 0 bridgehead atoms. The van der Waals surface area contributed by atoms with Crippen LogP contribution in [0.3, 0.4) is 0 Å². The van der Waals surface area contributed by atoms with Crippen LogP contribution >= 0.6 is 0 Å². The summed E-state index contributed by atoms with van der Waals surface area (Å²) >= 11 is 0. The van der Waals surface area contributed by atoms with E-state index in [0.29, 0.717) is 6.42 Å². The van der Waals surface area contributed by atoms with E-state index in [0.717, 1.165) is 24.3 Å². The maximum Gasteiger partial charge on any atom is 0.416 e. The van der Waals surface area contributed by atoms with Crippen molar-refractivity contribution in [1.82, 2.24) is 10.6 Å². The van der Waals surface area contributed by atoms with Crippen LogP contribution in [0.2, 0.25) is 0 Å². The summed E-state index contributed by atoms with van der Waals surface area (Å²) in [5.74, 6) is -0.537. The minimum atomic E-state index is -4.46. The summed E-state index contributed by atoms with van der Waals surface area (Å²) in [4.78, 5) is 16.1. The molecule has 9 heteroatoms. The molecule has 1 aromatic rings. The van der Waals surface area contributed by atoms with Gasteiger partial charge >= 0.3 is 6.18 Å². The van der Waals surface area contributed by atoms with Gasteiger partial charge in [-0.05, 0) is 51.5 Å². The minimum Gasteiger partial charge on any atom is -0.354 e. The molecule has 1 aromatic carbocycles. The molecule has 0 spiro atoms. The molecule has 0 aromatic heterocycles. The highest BCUT2D eigenvalue weighted by molar-refractivity contribution is 6.02. The molecule has 0 radical (unpaired) electrons. The Morgan fingerprint density at radius 2 is 1.68 bits per heavy atom. The number of amides is 1. The Labute approximate surface area is 144 Å². The van der Waals surface area contributed by atoms with Crippen molar-refractivity contribution in [2.24, 2.45) is 16.5 Å². The SMILES string of the molecule is CC(N)CC(N)N/C(=N\C(=O)c1ccc(C(F)(F)F)cc1)NC(C)C. The summed E-state index contributed by atoms with van der Waals surface area (Å²) in [6, 6.07) is 3.68. The summed E-state index contributed by atoms with van der Waals surface area (Å²) in [6.45, 7) is 5.48. The predicted molar refractivity (Wildman–Crippen MR) is 90.9 cm³/mol. The van der Waals surface area contributed by atoms with Gasteiger partial charge in [-0.1, -0.05) is 0 Å². The number of carbonyl (C=O) groups is 1. The first-order valence-electron chi connectivity index (χ1n) is 7.83. The average molecular weight is 359 g/mol. The molecule has 6 N–H and O–H groups in total. The lowest BCUT2D eigenvalue weighted by atomic mass is 10.1. The highest BCUT2D eigenvalue weighted by Crippen LogP contribution is 2.29. The zero-order valence-corrected chi connectivity index (χ0v) is 14.4. The number of nitrogens with two attached hydrogens (primary N) is 2. The smallest absolute Gasteiger partial charge is 0.354 e. The molecule has 140 valence electrons. The maximum atomic E-state index is 12.6. The van der Waals surface area contributed by atoms with Gasteiger partial charge in [0.05, 0.1) is 11.7 Å². The second-order valence-corrected chi connectivity index (χ2v) is 6.10.